The van der Waals surface area contributed by atoms with Crippen LogP contribution in [0.25, 0.3) is 0 Å². The van der Waals surface area contributed by atoms with Crippen molar-refractivity contribution in [3.8, 4) is 5.75 Å². The first-order valence-corrected chi connectivity index (χ1v) is 11.1. The molecule has 0 saturated heterocycles. The molecule has 0 unspecified atom stereocenters. The predicted octanol–water partition coefficient (Wildman–Crippen LogP) is 6.09. The molecule has 0 atom stereocenters. The molecular weight excluding hydrogens is 430 g/mol. The number of nitrogens with one attached hydrogen (secondary N) is 1. The summed E-state index contributed by atoms with van der Waals surface area (Å²) in [5.41, 5.74) is 5.04. The van der Waals surface area contributed by atoms with Gasteiger partial charge in [0.15, 0.2) is 0 Å². The zero-order valence-corrected chi connectivity index (χ0v) is 18.8. The van der Waals surface area contributed by atoms with Gasteiger partial charge in [-0.2, -0.15) is 5.10 Å². The third-order valence-corrected chi connectivity index (χ3v) is 6.00. The molecule has 2 aromatic heterocycles. The Morgan fingerprint density at radius 3 is 2.68 bits per heavy atom. The molecule has 31 heavy (non-hydrogen) atoms. The van der Waals surface area contributed by atoms with E-state index in [1.54, 1.807) is 10.9 Å². The summed E-state index contributed by atoms with van der Waals surface area (Å²) in [6.45, 7) is 5.05. The van der Waals surface area contributed by atoms with Gasteiger partial charge in [-0.05, 0) is 48.6 Å². The standard InChI is InChI=1S/C24H22ClN3O2S/c1-16-3-6-18(7-4-16)12-28-13-20(11-26-28)27-24(29)23-10-19(15-31-23)14-30-22-9-17(2)5-8-21(22)25/h3-11,13,15H,12,14H2,1-2H3,(H,27,29). The number of thiophene rings is 1. The molecule has 0 spiro atoms. The maximum atomic E-state index is 12.6. The van der Waals surface area contributed by atoms with Gasteiger partial charge >= 0.3 is 0 Å². The maximum absolute atomic E-state index is 12.6. The number of hydrogen-bond acceptors (Lipinski definition) is 4. The van der Waals surface area contributed by atoms with Crippen LogP contribution in [0.15, 0.2) is 66.3 Å². The highest BCUT2D eigenvalue weighted by Crippen LogP contribution is 2.27. The number of aryl methyl sites for hydroxylation is 2. The molecule has 0 aliphatic carbocycles. The summed E-state index contributed by atoms with van der Waals surface area (Å²) in [6.07, 6.45) is 3.48. The molecule has 158 valence electrons. The molecule has 2 aromatic carbocycles. The van der Waals surface area contributed by atoms with Crippen LogP contribution in [0, 0.1) is 13.8 Å². The van der Waals surface area contributed by atoms with E-state index in [0.29, 0.717) is 34.5 Å². The number of ether oxygens (including phenoxy) is 1. The lowest BCUT2D eigenvalue weighted by molar-refractivity contribution is 0.103. The maximum Gasteiger partial charge on any atom is 0.265 e. The van der Waals surface area contributed by atoms with Crippen LogP contribution in [0.1, 0.15) is 31.9 Å². The predicted molar refractivity (Wildman–Crippen MR) is 125 cm³/mol. The monoisotopic (exact) mass is 451 g/mol. The average molecular weight is 452 g/mol. The lowest BCUT2D eigenvalue weighted by Crippen LogP contribution is -2.09. The van der Waals surface area contributed by atoms with E-state index in [9.17, 15) is 4.79 Å². The summed E-state index contributed by atoms with van der Waals surface area (Å²) in [5, 5.41) is 9.73. The highest BCUT2D eigenvalue weighted by molar-refractivity contribution is 7.12. The van der Waals surface area contributed by atoms with Crippen LogP contribution in [0.4, 0.5) is 5.69 Å². The van der Waals surface area contributed by atoms with Crippen molar-refractivity contribution < 1.29 is 9.53 Å². The zero-order chi connectivity index (χ0) is 21.8. The van der Waals surface area contributed by atoms with Gasteiger partial charge in [-0.3, -0.25) is 9.48 Å². The van der Waals surface area contributed by atoms with Gasteiger partial charge < -0.3 is 10.1 Å². The van der Waals surface area contributed by atoms with E-state index < -0.39 is 0 Å². The minimum Gasteiger partial charge on any atom is -0.487 e. The lowest BCUT2D eigenvalue weighted by atomic mass is 10.1. The Morgan fingerprint density at radius 1 is 1.10 bits per heavy atom. The van der Waals surface area contributed by atoms with E-state index in [4.69, 9.17) is 16.3 Å². The van der Waals surface area contributed by atoms with E-state index in [0.717, 1.165) is 16.7 Å². The highest BCUT2D eigenvalue weighted by atomic mass is 35.5. The third-order valence-electron chi connectivity index (χ3n) is 4.71. The Kier molecular flexibility index (Phi) is 6.39. The Labute approximate surface area is 190 Å². The molecule has 7 heteroatoms. The van der Waals surface area contributed by atoms with Gasteiger partial charge in [0.25, 0.3) is 5.91 Å². The van der Waals surface area contributed by atoms with Crippen molar-refractivity contribution in [1.82, 2.24) is 9.78 Å². The van der Waals surface area contributed by atoms with E-state index in [-0.39, 0.29) is 5.91 Å². The zero-order valence-electron chi connectivity index (χ0n) is 17.3. The van der Waals surface area contributed by atoms with Crippen molar-refractivity contribution in [2.45, 2.75) is 27.0 Å². The number of anilines is 1. The minimum atomic E-state index is -0.167. The molecule has 4 aromatic rings. The summed E-state index contributed by atoms with van der Waals surface area (Å²) in [5.74, 6) is 0.472. The normalized spacial score (nSPS) is 10.8. The van der Waals surface area contributed by atoms with Gasteiger partial charge in [-0.25, -0.2) is 0 Å². The van der Waals surface area contributed by atoms with Gasteiger partial charge in [-0.1, -0.05) is 47.5 Å². The first-order valence-electron chi connectivity index (χ1n) is 9.82. The summed E-state index contributed by atoms with van der Waals surface area (Å²) in [6, 6.07) is 15.8. The van der Waals surface area contributed by atoms with Crippen LogP contribution >= 0.6 is 22.9 Å². The number of nitrogens with zero attached hydrogens (tertiary/aromatic N) is 2. The molecule has 0 saturated carbocycles. The molecule has 0 bridgehead atoms. The van der Waals surface area contributed by atoms with Crippen molar-refractivity contribution in [3.05, 3.63) is 98.5 Å². The summed E-state index contributed by atoms with van der Waals surface area (Å²) in [4.78, 5) is 13.2. The molecule has 0 aliphatic rings. The molecule has 2 heterocycles. The molecule has 5 nitrogen and oxygen atoms in total. The molecule has 0 aliphatic heterocycles. The molecule has 1 amide bonds. The summed E-state index contributed by atoms with van der Waals surface area (Å²) in [7, 11) is 0. The van der Waals surface area contributed by atoms with Crippen LogP contribution in [0.5, 0.6) is 5.75 Å². The number of benzene rings is 2. The average Bonchev–Trinajstić information content (AvgIpc) is 3.40. The number of carbonyl (C=O) groups excluding carboxylic acids is 1. The fourth-order valence-electron chi connectivity index (χ4n) is 3.04. The minimum absolute atomic E-state index is 0.167. The molecule has 0 fully saturated rings. The van der Waals surface area contributed by atoms with Gasteiger partial charge in [0.05, 0.1) is 28.3 Å². The van der Waals surface area contributed by atoms with Crippen molar-refractivity contribution in [2.75, 3.05) is 5.32 Å². The van der Waals surface area contributed by atoms with Crippen molar-refractivity contribution in [2.24, 2.45) is 0 Å². The summed E-state index contributed by atoms with van der Waals surface area (Å²) < 4.78 is 7.62. The first kappa shape index (κ1) is 21.2. The van der Waals surface area contributed by atoms with Crippen LogP contribution < -0.4 is 10.1 Å². The third kappa shape index (κ3) is 5.54. The second-order valence-corrected chi connectivity index (χ2v) is 8.73. The van der Waals surface area contributed by atoms with Crippen LogP contribution in [0.3, 0.4) is 0 Å². The van der Waals surface area contributed by atoms with Gasteiger partial charge in [-0.15, -0.1) is 11.3 Å². The highest BCUT2D eigenvalue weighted by Gasteiger charge is 2.12. The largest absolute Gasteiger partial charge is 0.487 e. The number of carbonyl (C=O) groups is 1. The molecular formula is C24H22ClN3O2S. The van der Waals surface area contributed by atoms with Gasteiger partial charge in [0, 0.05) is 11.8 Å². The van der Waals surface area contributed by atoms with Crippen LogP contribution in [-0.4, -0.2) is 15.7 Å². The Morgan fingerprint density at radius 2 is 1.87 bits per heavy atom. The van der Waals surface area contributed by atoms with Crippen LogP contribution in [-0.2, 0) is 13.2 Å². The fourth-order valence-corrected chi connectivity index (χ4v) is 4.00. The van der Waals surface area contributed by atoms with E-state index >= 15 is 0 Å². The first-order chi connectivity index (χ1) is 15.0. The molecule has 0 radical (unpaired) electrons. The number of amides is 1. The van der Waals surface area contributed by atoms with E-state index in [2.05, 4.69) is 41.6 Å². The molecule has 4 rings (SSSR count). The quantitative estimate of drug-likeness (QED) is 0.369. The Bertz CT molecular complexity index is 1200. The fraction of sp³-hybridized carbons (Fsp3) is 0.167. The van der Waals surface area contributed by atoms with Crippen molar-refractivity contribution >= 4 is 34.5 Å². The van der Waals surface area contributed by atoms with E-state index in [1.165, 1.54) is 16.9 Å². The SMILES string of the molecule is Cc1ccc(Cn2cc(NC(=O)c3cc(COc4cc(C)ccc4Cl)cs3)cn2)cc1. The number of aromatic nitrogens is 2. The van der Waals surface area contributed by atoms with Gasteiger partial charge in [0.1, 0.15) is 12.4 Å². The lowest BCUT2D eigenvalue weighted by Gasteiger charge is -2.07. The van der Waals surface area contributed by atoms with Crippen LogP contribution in [0.2, 0.25) is 5.02 Å². The van der Waals surface area contributed by atoms with E-state index in [1.807, 2.05) is 42.8 Å². The Hall–Kier alpha value is -3.09. The second kappa shape index (κ2) is 9.37. The number of rotatable bonds is 7. The molecule has 1 N–H and O–H groups in total. The second-order valence-electron chi connectivity index (χ2n) is 7.41. The topological polar surface area (TPSA) is 56.2 Å². The number of hydrogen-bond donors (Lipinski definition) is 1. The smallest absolute Gasteiger partial charge is 0.265 e. The Balaban J connectivity index is 1.34. The number of halogens is 1. The summed E-state index contributed by atoms with van der Waals surface area (Å²) >= 11 is 7.55. The van der Waals surface area contributed by atoms with Crippen molar-refractivity contribution in [3.63, 3.8) is 0 Å². The van der Waals surface area contributed by atoms with Crippen molar-refractivity contribution in [1.29, 1.82) is 0 Å². The van der Waals surface area contributed by atoms with Gasteiger partial charge in [0.2, 0.25) is 0 Å².